The third kappa shape index (κ3) is 3.08. The van der Waals surface area contributed by atoms with Crippen LogP contribution in [0.2, 0.25) is 0 Å². The van der Waals surface area contributed by atoms with Crippen LogP contribution in [0.15, 0.2) is 23.3 Å². The molecule has 1 aromatic heterocycles. The molecule has 2 N–H and O–H groups in total. The van der Waals surface area contributed by atoms with Gasteiger partial charge in [-0.3, -0.25) is 13.8 Å². The van der Waals surface area contributed by atoms with Crippen LogP contribution < -0.4 is 11.3 Å². The van der Waals surface area contributed by atoms with E-state index in [0.29, 0.717) is 12.1 Å². The van der Waals surface area contributed by atoms with E-state index in [2.05, 4.69) is 9.72 Å². The molecule has 7 heteroatoms. The summed E-state index contributed by atoms with van der Waals surface area (Å²) in [4.78, 5) is 28.2. The van der Waals surface area contributed by atoms with E-state index in [1.54, 1.807) is 0 Å². The van der Waals surface area contributed by atoms with Crippen LogP contribution in [0.1, 0.15) is 27.0 Å². The Labute approximate surface area is 132 Å². The first-order chi connectivity index (χ1) is 10.9. The number of carbonyl (C=O) groups excluding carboxylic acids is 1. The smallest absolute Gasteiger partial charge is 0.347 e. The summed E-state index contributed by atoms with van der Waals surface area (Å²) in [5.74, 6) is -1.01. The standard InChI is InChI=1S/C16H18FN3O3/c1-9-6-11(4-5-17)7-10(2)13(9)20-8-19-14(18)12(15(20)21)16(22)23-3/h6-8H,4-5,18H2,1-3H3. The average Bonchev–Trinajstić information content (AvgIpc) is 2.49. The Hall–Kier alpha value is -2.70. The molecule has 0 atom stereocenters. The van der Waals surface area contributed by atoms with Crippen molar-refractivity contribution in [1.82, 2.24) is 9.55 Å². The second-order valence-corrected chi connectivity index (χ2v) is 5.19. The van der Waals surface area contributed by atoms with Gasteiger partial charge >= 0.3 is 5.97 Å². The highest BCUT2D eigenvalue weighted by atomic mass is 19.1. The molecule has 0 spiro atoms. The number of nitrogen functional groups attached to an aromatic ring is 1. The van der Waals surface area contributed by atoms with Crippen LogP contribution >= 0.6 is 0 Å². The fourth-order valence-corrected chi connectivity index (χ4v) is 2.60. The van der Waals surface area contributed by atoms with Gasteiger partial charge in [-0.05, 0) is 30.5 Å². The van der Waals surface area contributed by atoms with Crippen molar-refractivity contribution in [3.63, 3.8) is 0 Å². The molecule has 122 valence electrons. The van der Waals surface area contributed by atoms with Gasteiger partial charge in [0.25, 0.3) is 5.56 Å². The number of aromatic nitrogens is 2. The lowest BCUT2D eigenvalue weighted by atomic mass is 10.0. The second-order valence-electron chi connectivity index (χ2n) is 5.19. The molecule has 2 rings (SSSR count). The number of alkyl halides is 1. The number of hydrogen-bond donors (Lipinski definition) is 1. The van der Waals surface area contributed by atoms with Gasteiger partial charge in [-0.2, -0.15) is 0 Å². The highest BCUT2D eigenvalue weighted by Crippen LogP contribution is 2.21. The summed E-state index contributed by atoms with van der Waals surface area (Å²) in [7, 11) is 1.17. The lowest BCUT2D eigenvalue weighted by Gasteiger charge is -2.15. The van der Waals surface area contributed by atoms with Gasteiger partial charge in [0, 0.05) is 6.42 Å². The van der Waals surface area contributed by atoms with Crippen LogP contribution in [0.3, 0.4) is 0 Å². The monoisotopic (exact) mass is 319 g/mol. The molecule has 1 aromatic carbocycles. The summed E-state index contributed by atoms with van der Waals surface area (Å²) < 4.78 is 18.4. The highest BCUT2D eigenvalue weighted by molar-refractivity contribution is 5.93. The minimum absolute atomic E-state index is 0.178. The van der Waals surface area contributed by atoms with Gasteiger partial charge in [-0.15, -0.1) is 0 Å². The van der Waals surface area contributed by atoms with Crippen LogP contribution in [-0.2, 0) is 11.2 Å². The lowest BCUT2D eigenvalue weighted by Crippen LogP contribution is -2.29. The van der Waals surface area contributed by atoms with Crippen molar-refractivity contribution in [1.29, 1.82) is 0 Å². The van der Waals surface area contributed by atoms with E-state index >= 15 is 0 Å². The Balaban J connectivity index is 2.69. The van der Waals surface area contributed by atoms with E-state index in [0.717, 1.165) is 16.7 Å². The first-order valence-electron chi connectivity index (χ1n) is 7.02. The van der Waals surface area contributed by atoms with Gasteiger partial charge in [0.15, 0.2) is 5.56 Å². The molecular weight excluding hydrogens is 301 g/mol. The van der Waals surface area contributed by atoms with Gasteiger partial charge in [0.05, 0.1) is 19.5 Å². The predicted octanol–water partition coefficient (Wildman–Crippen LogP) is 1.73. The third-order valence-electron chi connectivity index (χ3n) is 3.57. The van der Waals surface area contributed by atoms with E-state index in [1.807, 2.05) is 26.0 Å². The predicted molar refractivity (Wildman–Crippen MR) is 84.7 cm³/mol. The number of hydrogen-bond acceptors (Lipinski definition) is 5. The zero-order valence-electron chi connectivity index (χ0n) is 13.2. The molecule has 2 aromatic rings. The van der Waals surface area contributed by atoms with Gasteiger partial charge in [-0.1, -0.05) is 12.1 Å². The molecule has 0 saturated carbocycles. The number of halogens is 1. The summed E-state index contributed by atoms with van der Waals surface area (Å²) in [5, 5.41) is 0. The van der Waals surface area contributed by atoms with Crippen molar-refractivity contribution >= 4 is 11.8 Å². The van der Waals surface area contributed by atoms with Crippen molar-refractivity contribution < 1.29 is 13.9 Å². The molecule has 0 fully saturated rings. The van der Waals surface area contributed by atoms with Crippen LogP contribution in [0.4, 0.5) is 10.2 Å². The summed E-state index contributed by atoms with van der Waals surface area (Å²) in [6.45, 7) is 3.17. The van der Waals surface area contributed by atoms with Crippen LogP contribution in [0, 0.1) is 13.8 Å². The number of carbonyl (C=O) groups is 1. The summed E-state index contributed by atoms with van der Waals surface area (Å²) in [6.07, 6.45) is 1.58. The summed E-state index contributed by atoms with van der Waals surface area (Å²) in [6, 6.07) is 3.62. The zero-order chi connectivity index (χ0) is 17.1. The molecule has 23 heavy (non-hydrogen) atoms. The van der Waals surface area contributed by atoms with E-state index in [-0.39, 0.29) is 11.4 Å². The zero-order valence-corrected chi connectivity index (χ0v) is 13.2. The maximum absolute atomic E-state index is 12.6. The third-order valence-corrected chi connectivity index (χ3v) is 3.57. The molecule has 0 radical (unpaired) electrons. The maximum Gasteiger partial charge on any atom is 0.347 e. The second kappa shape index (κ2) is 6.60. The van der Waals surface area contributed by atoms with Crippen LogP contribution in [-0.4, -0.2) is 29.3 Å². The minimum Gasteiger partial charge on any atom is -0.465 e. The molecule has 0 amide bonds. The number of benzene rings is 1. The quantitative estimate of drug-likeness (QED) is 0.867. The van der Waals surface area contributed by atoms with E-state index in [1.165, 1.54) is 18.0 Å². The van der Waals surface area contributed by atoms with Crippen molar-refractivity contribution in [3.8, 4) is 5.69 Å². The van der Waals surface area contributed by atoms with Gasteiger partial charge < -0.3 is 10.5 Å². The first-order valence-corrected chi connectivity index (χ1v) is 7.02. The highest BCUT2D eigenvalue weighted by Gasteiger charge is 2.20. The number of aryl methyl sites for hydroxylation is 3. The molecule has 0 bridgehead atoms. The van der Waals surface area contributed by atoms with Crippen LogP contribution in [0.5, 0.6) is 0 Å². The van der Waals surface area contributed by atoms with E-state index < -0.39 is 18.2 Å². The normalized spacial score (nSPS) is 10.6. The Morgan fingerprint density at radius 2 is 1.96 bits per heavy atom. The largest absolute Gasteiger partial charge is 0.465 e. The van der Waals surface area contributed by atoms with Gasteiger partial charge in [0.2, 0.25) is 0 Å². The number of methoxy groups -OCH3 is 1. The number of rotatable bonds is 4. The van der Waals surface area contributed by atoms with E-state index in [4.69, 9.17) is 5.73 Å². The topological polar surface area (TPSA) is 87.2 Å². The molecule has 6 nitrogen and oxygen atoms in total. The van der Waals surface area contributed by atoms with Crippen molar-refractivity contribution in [3.05, 3.63) is 51.1 Å². The molecule has 0 aliphatic carbocycles. The fourth-order valence-electron chi connectivity index (χ4n) is 2.60. The Kier molecular flexibility index (Phi) is 4.78. The maximum atomic E-state index is 12.6. The Morgan fingerprint density at radius 3 is 2.48 bits per heavy atom. The molecule has 0 aliphatic rings. The molecule has 0 aliphatic heterocycles. The first kappa shape index (κ1) is 16.7. The van der Waals surface area contributed by atoms with Crippen molar-refractivity contribution in [2.45, 2.75) is 20.3 Å². The Morgan fingerprint density at radius 1 is 1.35 bits per heavy atom. The molecule has 0 unspecified atom stereocenters. The Bertz CT molecular complexity index is 792. The van der Waals surface area contributed by atoms with E-state index in [9.17, 15) is 14.0 Å². The number of nitrogens with zero attached hydrogens (tertiary/aromatic N) is 2. The number of nitrogens with two attached hydrogens (primary N) is 1. The van der Waals surface area contributed by atoms with Gasteiger partial charge in [-0.25, -0.2) is 9.78 Å². The lowest BCUT2D eigenvalue weighted by molar-refractivity contribution is 0.0599. The number of esters is 1. The van der Waals surface area contributed by atoms with Crippen LogP contribution in [0.25, 0.3) is 5.69 Å². The van der Waals surface area contributed by atoms with Crippen molar-refractivity contribution in [2.24, 2.45) is 0 Å². The minimum atomic E-state index is -0.835. The average molecular weight is 319 g/mol. The van der Waals surface area contributed by atoms with Crippen molar-refractivity contribution in [2.75, 3.05) is 19.5 Å². The van der Waals surface area contributed by atoms with Gasteiger partial charge in [0.1, 0.15) is 12.1 Å². The number of anilines is 1. The molecular formula is C16H18FN3O3. The SMILES string of the molecule is COC(=O)c1c(N)ncn(-c2c(C)cc(CCF)cc2C)c1=O. The number of ether oxygens (including phenoxy) is 1. The summed E-state index contributed by atoms with van der Waals surface area (Å²) >= 11 is 0. The fraction of sp³-hybridized carbons (Fsp3) is 0.312. The molecule has 1 heterocycles. The summed E-state index contributed by atoms with van der Waals surface area (Å²) in [5.41, 5.74) is 7.70. The molecule has 0 saturated heterocycles.